The molecule has 0 rings (SSSR count). The van der Waals surface area contributed by atoms with Crippen LogP contribution in [0.5, 0.6) is 0 Å². The SMILES string of the molecule is CCOC([SiH3])(CCCBr)OCC. The van der Waals surface area contributed by atoms with Crippen LogP contribution in [0.3, 0.4) is 0 Å². The van der Waals surface area contributed by atoms with Crippen molar-refractivity contribution in [2.24, 2.45) is 0 Å². The molecule has 0 saturated heterocycles. The predicted molar refractivity (Wildman–Crippen MR) is 59.0 cm³/mol. The van der Waals surface area contributed by atoms with E-state index in [1.54, 1.807) is 0 Å². The first-order valence-electron chi connectivity index (χ1n) is 4.52. The Morgan fingerprint density at radius 1 is 1.25 bits per heavy atom. The van der Waals surface area contributed by atoms with Gasteiger partial charge in [-0.2, -0.15) is 0 Å². The van der Waals surface area contributed by atoms with Gasteiger partial charge in [0.25, 0.3) is 0 Å². The highest BCUT2D eigenvalue weighted by Gasteiger charge is 2.23. The van der Waals surface area contributed by atoms with E-state index in [0.29, 0.717) is 0 Å². The van der Waals surface area contributed by atoms with Crippen LogP contribution in [0.4, 0.5) is 0 Å². The summed E-state index contributed by atoms with van der Waals surface area (Å²) in [6, 6.07) is 0. The Morgan fingerprint density at radius 2 is 1.75 bits per heavy atom. The van der Waals surface area contributed by atoms with E-state index in [1.807, 2.05) is 13.8 Å². The molecule has 0 aromatic carbocycles. The molecule has 0 amide bonds. The maximum absolute atomic E-state index is 5.59. The number of rotatable bonds is 7. The number of hydrogen-bond donors (Lipinski definition) is 0. The molecule has 0 aliphatic carbocycles. The molecule has 74 valence electrons. The predicted octanol–water partition coefficient (Wildman–Crippen LogP) is 1.25. The number of ether oxygens (including phenoxy) is 2. The molecule has 4 heteroatoms. The van der Waals surface area contributed by atoms with E-state index >= 15 is 0 Å². The van der Waals surface area contributed by atoms with E-state index in [-0.39, 0.29) is 5.41 Å². The van der Waals surface area contributed by atoms with Gasteiger partial charge in [0.15, 0.2) is 0 Å². The van der Waals surface area contributed by atoms with Crippen molar-refractivity contribution in [1.82, 2.24) is 0 Å². The molecule has 12 heavy (non-hydrogen) atoms. The summed E-state index contributed by atoms with van der Waals surface area (Å²) in [6.07, 6.45) is 2.12. The fraction of sp³-hybridized carbons (Fsp3) is 1.00. The lowest BCUT2D eigenvalue weighted by atomic mass is 10.3. The van der Waals surface area contributed by atoms with Gasteiger partial charge in [0.2, 0.25) is 0 Å². The van der Waals surface area contributed by atoms with Crippen molar-refractivity contribution in [2.45, 2.75) is 32.1 Å². The van der Waals surface area contributed by atoms with Gasteiger partial charge < -0.3 is 9.47 Å². The van der Waals surface area contributed by atoms with E-state index in [9.17, 15) is 0 Å². The summed E-state index contributed by atoms with van der Waals surface area (Å²) < 4.78 is 11.2. The second kappa shape index (κ2) is 7.06. The number of halogens is 1. The first kappa shape index (κ1) is 12.6. The normalized spacial score (nSPS) is 12.2. The van der Waals surface area contributed by atoms with Crippen LogP contribution in [0.15, 0.2) is 0 Å². The lowest BCUT2D eigenvalue weighted by Crippen LogP contribution is -2.36. The molecule has 0 radical (unpaired) electrons. The summed E-state index contributed by atoms with van der Waals surface area (Å²) in [5.74, 6) is 0. The largest absolute Gasteiger partial charge is 0.355 e. The van der Waals surface area contributed by atoms with Crippen LogP contribution in [0.25, 0.3) is 0 Å². The molecule has 0 atom stereocenters. The van der Waals surface area contributed by atoms with Crippen molar-refractivity contribution in [3.8, 4) is 0 Å². The second-order valence-corrected chi connectivity index (χ2v) is 5.11. The van der Waals surface area contributed by atoms with Gasteiger partial charge in [0.05, 0.1) is 10.2 Å². The molecule has 0 aromatic rings. The van der Waals surface area contributed by atoms with Crippen LogP contribution in [0.2, 0.25) is 0 Å². The Kier molecular flexibility index (Phi) is 7.43. The minimum Gasteiger partial charge on any atom is -0.355 e. The van der Waals surface area contributed by atoms with E-state index in [0.717, 1.165) is 41.6 Å². The van der Waals surface area contributed by atoms with Gasteiger partial charge in [0, 0.05) is 18.5 Å². The van der Waals surface area contributed by atoms with Crippen molar-refractivity contribution >= 4 is 26.2 Å². The third kappa shape index (κ3) is 5.30. The van der Waals surface area contributed by atoms with Crippen molar-refractivity contribution in [2.75, 3.05) is 18.5 Å². The van der Waals surface area contributed by atoms with Crippen LogP contribution < -0.4 is 0 Å². The molecule has 0 aliphatic rings. The molecule has 0 spiro atoms. The summed E-state index contributed by atoms with van der Waals surface area (Å²) in [5, 5.41) is 1.02. The molecule has 0 heterocycles. The first-order valence-corrected chi connectivity index (χ1v) is 6.64. The van der Waals surface area contributed by atoms with Gasteiger partial charge in [0.1, 0.15) is 5.41 Å². The highest BCUT2D eigenvalue weighted by molar-refractivity contribution is 9.09. The zero-order valence-electron chi connectivity index (χ0n) is 8.23. The third-order valence-corrected chi connectivity index (χ3v) is 3.30. The lowest BCUT2D eigenvalue weighted by molar-refractivity contribution is -0.176. The van der Waals surface area contributed by atoms with Crippen LogP contribution in [-0.4, -0.2) is 34.2 Å². The molecule has 0 N–H and O–H groups in total. The Balaban J connectivity index is 3.80. The van der Waals surface area contributed by atoms with Crippen molar-refractivity contribution in [3.63, 3.8) is 0 Å². The van der Waals surface area contributed by atoms with Gasteiger partial charge in [-0.1, -0.05) is 15.9 Å². The van der Waals surface area contributed by atoms with Gasteiger partial charge >= 0.3 is 0 Å². The van der Waals surface area contributed by atoms with Gasteiger partial charge in [-0.05, 0) is 26.7 Å². The van der Waals surface area contributed by atoms with Crippen LogP contribution in [0.1, 0.15) is 26.7 Å². The minimum atomic E-state index is -0.239. The molecular weight excluding hydrogens is 236 g/mol. The molecule has 0 aromatic heterocycles. The fourth-order valence-electron chi connectivity index (χ4n) is 1.18. The molecule has 0 fully saturated rings. The van der Waals surface area contributed by atoms with E-state index < -0.39 is 0 Å². The average Bonchev–Trinajstić information content (AvgIpc) is 2.02. The Labute approximate surface area is 86.6 Å². The maximum atomic E-state index is 5.59. The van der Waals surface area contributed by atoms with Gasteiger partial charge in [-0.15, -0.1) is 0 Å². The van der Waals surface area contributed by atoms with Gasteiger partial charge in [-0.3, -0.25) is 0 Å². The zero-order valence-corrected chi connectivity index (χ0v) is 11.8. The van der Waals surface area contributed by atoms with E-state index in [1.165, 1.54) is 0 Å². The topological polar surface area (TPSA) is 18.5 Å². The monoisotopic (exact) mass is 254 g/mol. The minimum absolute atomic E-state index is 0.239. The smallest absolute Gasteiger partial charge is 0.141 e. The third-order valence-electron chi connectivity index (χ3n) is 1.66. The summed E-state index contributed by atoms with van der Waals surface area (Å²) in [7, 11) is 0.937. The number of hydrogen-bond acceptors (Lipinski definition) is 2. The zero-order chi connectivity index (χ0) is 9.45. The lowest BCUT2D eigenvalue weighted by Gasteiger charge is -2.29. The van der Waals surface area contributed by atoms with Crippen LogP contribution in [0, 0.1) is 0 Å². The first-order chi connectivity index (χ1) is 5.68. The van der Waals surface area contributed by atoms with E-state index in [4.69, 9.17) is 9.47 Å². The Hall–Kier alpha value is 0.617. The molecular formula is C8H19BrO2Si. The second-order valence-electron chi connectivity index (χ2n) is 2.79. The van der Waals surface area contributed by atoms with Crippen molar-refractivity contribution in [3.05, 3.63) is 0 Å². The molecule has 0 aliphatic heterocycles. The maximum Gasteiger partial charge on any atom is 0.141 e. The Morgan fingerprint density at radius 3 is 2.08 bits per heavy atom. The summed E-state index contributed by atoms with van der Waals surface area (Å²) in [4.78, 5) is 0. The van der Waals surface area contributed by atoms with Crippen LogP contribution >= 0.6 is 15.9 Å². The molecule has 2 nitrogen and oxygen atoms in total. The Bertz CT molecular complexity index is 105. The highest BCUT2D eigenvalue weighted by atomic mass is 79.9. The molecule has 0 saturated carbocycles. The standard InChI is InChI=1S/C8H19BrO2Si/c1-3-10-8(12,11-4-2)6-5-7-9/h3-7H2,1-2,12H3. The number of alkyl halides is 1. The van der Waals surface area contributed by atoms with Crippen molar-refractivity contribution in [1.29, 1.82) is 0 Å². The highest BCUT2D eigenvalue weighted by Crippen LogP contribution is 2.16. The summed E-state index contributed by atoms with van der Waals surface area (Å²) in [5.41, 5.74) is -0.239. The summed E-state index contributed by atoms with van der Waals surface area (Å²) in [6.45, 7) is 5.51. The summed E-state index contributed by atoms with van der Waals surface area (Å²) >= 11 is 3.41. The molecule has 0 unspecified atom stereocenters. The quantitative estimate of drug-likeness (QED) is 0.387. The van der Waals surface area contributed by atoms with Crippen molar-refractivity contribution < 1.29 is 9.47 Å². The van der Waals surface area contributed by atoms with Gasteiger partial charge in [-0.25, -0.2) is 0 Å². The average molecular weight is 255 g/mol. The van der Waals surface area contributed by atoms with E-state index in [2.05, 4.69) is 15.9 Å². The van der Waals surface area contributed by atoms with Crippen LogP contribution in [-0.2, 0) is 9.47 Å². The fourth-order valence-corrected chi connectivity index (χ4v) is 2.40. The molecule has 0 bridgehead atoms.